The summed E-state index contributed by atoms with van der Waals surface area (Å²) < 4.78 is 2.04. The van der Waals surface area contributed by atoms with Gasteiger partial charge in [-0.15, -0.1) is 0 Å². The summed E-state index contributed by atoms with van der Waals surface area (Å²) in [6.07, 6.45) is 6.17. The van der Waals surface area contributed by atoms with Crippen LogP contribution in [-0.2, 0) is 6.54 Å². The zero-order chi connectivity index (χ0) is 17.5. The number of aromatic nitrogens is 4. The first-order chi connectivity index (χ1) is 12.8. The van der Waals surface area contributed by atoms with Crippen LogP contribution in [0.25, 0.3) is 16.6 Å². The smallest absolute Gasteiger partial charge is 0.258 e. The minimum absolute atomic E-state index is 0.0646. The van der Waals surface area contributed by atoms with Gasteiger partial charge in [-0.05, 0) is 43.7 Å². The number of nitrogens with zero attached hydrogens (tertiary/aromatic N) is 4. The molecule has 0 bridgehead atoms. The fourth-order valence-electron chi connectivity index (χ4n) is 3.86. The highest BCUT2D eigenvalue weighted by Gasteiger charge is 2.28. The minimum Gasteiger partial charge on any atom is -0.309 e. The number of aromatic amines is 1. The van der Waals surface area contributed by atoms with Crippen molar-refractivity contribution in [2.75, 3.05) is 6.54 Å². The second-order valence-electron chi connectivity index (χ2n) is 6.80. The van der Waals surface area contributed by atoms with Crippen LogP contribution in [0.3, 0.4) is 0 Å². The van der Waals surface area contributed by atoms with Crippen LogP contribution in [0.1, 0.15) is 30.4 Å². The highest BCUT2D eigenvalue weighted by atomic mass is 16.1. The number of nitrogens with one attached hydrogen (secondary N) is 1. The van der Waals surface area contributed by atoms with Crippen molar-refractivity contribution < 1.29 is 0 Å². The molecule has 0 amide bonds. The summed E-state index contributed by atoms with van der Waals surface area (Å²) in [5.74, 6) is 0.759. The quantitative estimate of drug-likeness (QED) is 0.620. The third-order valence-corrected chi connectivity index (χ3v) is 5.09. The summed E-state index contributed by atoms with van der Waals surface area (Å²) in [4.78, 5) is 27.2. The van der Waals surface area contributed by atoms with Crippen molar-refractivity contribution in [2.24, 2.45) is 0 Å². The molecule has 6 heteroatoms. The van der Waals surface area contributed by atoms with Gasteiger partial charge in [-0.2, -0.15) is 0 Å². The number of hydrogen-bond acceptors (Lipinski definition) is 4. The van der Waals surface area contributed by atoms with E-state index in [1.54, 1.807) is 0 Å². The SMILES string of the molecule is O=c1[nH]c(C2CCCN2Cc2cn3ccccc3n2)nc2ccccc12. The van der Waals surface area contributed by atoms with Crippen molar-refractivity contribution in [1.82, 2.24) is 24.3 Å². The molecule has 130 valence electrons. The van der Waals surface area contributed by atoms with Gasteiger partial charge in [-0.3, -0.25) is 9.69 Å². The molecule has 6 nitrogen and oxygen atoms in total. The Morgan fingerprint density at radius 2 is 2.00 bits per heavy atom. The zero-order valence-electron chi connectivity index (χ0n) is 14.3. The van der Waals surface area contributed by atoms with Crippen LogP contribution in [-0.4, -0.2) is 30.8 Å². The lowest BCUT2D eigenvalue weighted by atomic mass is 10.2. The van der Waals surface area contributed by atoms with Crippen molar-refractivity contribution in [3.8, 4) is 0 Å². The molecule has 0 radical (unpaired) electrons. The first kappa shape index (κ1) is 15.3. The van der Waals surface area contributed by atoms with E-state index in [9.17, 15) is 4.79 Å². The highest BCUT2D eigenvalue weighted by Crippen LogP contribution is 2.31. The van der Waals surface area contributed by atoms with Gasteiger partial charge < -0.3 is 9.38 Å². The molecule has 0 aliphatic carbocycles. The van der Waals surface area contributed by atoms with Gasteiger partial charge >= 0.3 is 0 Å². The van der Waals surface area contributed by atoms with Crippen molar-refractivity contribution in [2.45, 2.75) is 25.4 Å². The van der Waals surface area contributed by atoms with Gasteiger partial charge in [0, 0.05) is 18.9 Å². The van der Waals surface area contributed by atoms with Crippen LogP contribution < -0.4 is 5.56 Å². The number of hydrogen-bond donors (Lipinski definition) is 1. The number of para-hydroxylation sites is 1. The fraction of sp³-hybridized carbons (Fsp3) is 0.250. The monoisotopic (exact) mass is 345 g/mol. The predicted octanol–water partition coefficient (Wildman–Crippen LogP) is 2.91. The van der Waals surface area contributed by atoms with E-state index in [2.05, 4.69) is 16.1 Å². The Labute approximate surface area is 150 Å². The van der Waals surface area contributed by atoms with Crippen LogP contribution in [0.4, 0.5) is 0 Å². The summed E-state index contributed by atoms with van der Waals surface area (Å²) in [7, 11) is 0. The number of benzene rings is 1. The van der Waals surface area contributed by atoms with Crippen molar-refractivity contribution in [1.29, 1.82) is 0 Å². The second kappa shape index (κ2) is 6.07. The van der Waals surface area contributed by atoms with Crippen molar-refractivity contribution in [3.63, 3.8) is 0 Å². The molecule has 26 heavy (non-hydrogen) atoms. The fourth-order valence-corrected chi connectivity index (χ4v) is 3.86. The Morgan fingerprint density at radius 1 is 1.12 bits per heavy atom. The zero-order valence-corrected chi connectivity index (χ0v) is 14.3. The summed E-state index contributed by atoms with van der Waals surface area (Å²) in [6, 6.07) is 13.6. The predicted molar refractivity (Wildman–Crippen MR) is 99.9 cm³/mol. The lowest BCUT2D eigenvalue weighted by molar-refractivity contribution is 0.237. The molecule has 4 heterocycles. The van der Waals surface area contributed by atoms with Crippen LogP contribution in [0.15, 0.2) is 59.7 Å². The molecule has 1 fully saturated rings. The Kier molecular flexibility index (Phi) is 3.57. The molecule has 0 spiro atoms. The Balaban J connectivity index is 1.48. The maximum Gasteiger partial charge on any atom is 0.258 e. The topological polar surface area (TPSA) is 66.3 Å². The Morgan fingerprint density at radius 3 is 2.92 bits per heavy atom. The van der Waals surface area contributed by atoms with Crippen LogP contribution >= 0.6 is 0 Å². The Hall–Kier alpha value is -2.99. The molecule has 1 aliphatic rings. The summed E-state index contributed by atoms with van der Waals surface area (Å²) in [5, 5.41) is 0.640. The van der Waals surface area contributed by atoms with E-state index in [4.69, 9.17) is 9.97 Å². The molecular weight excluding hydrogens is 326 g/mol. The summed E-state index contributed by atoms with van der Waals surface area (Å²) >= 11 is 0. The maximum absolute atomic E-state index is 12.4. The highest BCUT2D eigenvalue weighted by molar-refractivity contribution is 5.77. The van der Waals surface area contributed by atoms with E-state index in [0.717, 1.165) is 48.6 Å². The number of pyridine rings is 1. The minimum atomic E-state index is -0.0646. The third kappa shape index (κ3) is 2.59. The number of imidazole rings is 1. The van der Waals surface area contributed by atoms with Gasteiger partial charge in [0.1, 0.15) is 11.5 Å². The molecule has 0 saturated carbocycles. The molecule has 1 atom stereocenters. The van der Waals surface area contributed by atoms with Gasteiger partial charge in [0.05, 0.1) is 22.6 Å². The van der Waals surface area contributed by atoms with Gasteiger partial charge in [0.25, 0.3) is 5.56 Å². The molecule has 5 rings (SSSR count). The van der Waals surface area contributed by atoms with E-state index in [1.807, 2.05) is 53.1 Å². The van der Waals surface area contributed by atoms with Gasteiger partial charge in [0.2, 0.25) is 0 Å². The molecule has 1 aromatic carbocycles. The first-order valence-electron chi connectivity index (χ1n) is 8.93. The van der Waals surface area contributed by atoms with E-state index in [-0.39, 0.29) is 11.6 Å². The molecule has 3 aromatic heterocycles. The van der Waals surface area contributed by atoms with Gasteiger partial charge in [0.15, 0.2) is 0 Å². The average Bonchev–Trinajstić information content (AvgIpc) is 3.28. The van der Waals surface area contributed by atoms with Crippen LogP contribution in [0.5, 0.6) is 0 Å². The summed E-state index contributed by atoms with van der Waals surface area (Å²) in [6.45, 7) is 1.73. The van der Waals surface area contributed by atoms with Crippen molar-refractivity contribution >= 4 is 16.6 Å². The molecule has 1 aliphatic heterocycles. The number of H-pyrrole nitrogens is 1. The largest absolute Gasteiger partial charge is 0.309 e. The first-order valence-corrected chi connectivity index (χ1v) is 8.93. The molecular formula is C20H19N5O. The normalized spacial score (nSPS) is 18.1. The molecule has 1 N–H and O–H groups in total. The number of likely N-dealkylation sites (tertiary alicyclic amines) is 1. The average molecular weight is 345 g/mol. The van der Waals surface area contributed by atoms with Crippen LogP contribution in [0.2, 0.25) is 0 Å². The lowest BCUT2D eigenvalue weighted by Gasteiger charge is -2.22. The number of fused-ring (bicyclic) bond motifs is 2. The summed E-state index contributed by atoms with van der Waals surface area (Å²) in [5.41, 5.74) is 2.68. The van der Waals surface area contributed by atoms with Crippen LogP contribution in [0, 0.1) is 0 Å². The maximum atomic E-state index is 12.4. The van der Waals surface area contributed by atoms with E-state index < -0.39 is 0 Å². The number of rotatable bonds is 3. The molecule has 4 aromatic rings. The standard InChI is InChI=1S/C20H19N5O/c26-20-15-6-1-2-7-16(15)22-19(23-20)17-8-5-11-24(17)12-14-13-25-10-4-3-9-18(25)21-14/h1-4,6-7,9-10,13,17H,5,8,11-12H2,(H,22,23,26). The van der Waals surface area contributed by atoms with Gasteiger partial charge in [-0.25, -0.2) is 9.97 Å². The van der Waals surface area contributed by atoms with Gasteiger partial charge in [-0.1, -0.05) is 18.2 Å². The van der Waals surface area contributed by atoms with E-state index >= 15 is 0 Å². The Bertz CT molecular complexity index is 1110. The lowest BCUT2D eigenvalue weighted by Crippen LogP contribution is -2.26. The molecule has 1 saturated heterocycles. The third-order valence-electron chi connectivity index (χ3n) is 5.09. The van der Waals surface area contributed by atoms with E-state index in [0.29, 0.717) is 5.39 Å². The second-order valence-corrected chi connectivity index (χ2v) is 6.80. The molecule has 1 unspecified atom stereocenters. The van der Waals surface area contributed by atoms with Crippen molar-refractivity contribution in [3.05, 3.63) is 76.7 Å². The van der Waals surface area contributed by atoms with E-state index in [1.165, 1.54) is 0 Å².